The van der Waals surface area contributed by atoms with Gasteiger partial charge in [0.1, 0.15) is 55.5 Å². The molecule has 123 heavy (non-hydrogen) atoms. The van der Waals surface area contributed by atoms with Gasteiger partial charge in [0.15, 0.2) is 30.4 Å². The number of benzene rings is 12. The van der Waals surface area contributed by atoms with Crippen LogP contribution in [0.25, 0.3) is 33.0 Å². The number of nitrogens with zero attached hydrogens (tertiary/aromatic N) is 2. The van der Waals surface area contributed by atoms with E-state index in [1.54, 1.807) is 60.7 Å². The number of fused-ring (bicyclic) bond motifs is 9. The molecule has 0 bridgehead atoms. The molecule has 0 saturated carbocycles. The molecule has 10 nitrogen and oxygen atoms in total. The largest absolute Gasteiger partial charge is 0.458 e. The van der Waals surface area contributed by atoms with Crippen LogP contribution < -0.4 is 51.9 Å². The van der Waals surface area contributed by atoms with E-state index in [-0.39, 0.29) is 27.5 Å². The zero-order chi connectivity index (χ0) is 91.1. The van der Waals surface area contributed by atoms with E-state index < -0.39 is 57.0 Å². The Kier molecular flexibility index (Phi) is 32.0. The molecule has 18 heteroatoms. The first-order valence-corrected chi connectivity index (χ1v) is 44.4. The lowest BCUT2D eigenvalue weighted by atomic mass is 9.34. The molecule has 3 aliphatic heterocycles. The number of ether oxygens (including phenoxy) is 3. The van der Waals surface area contributed by atoms with Gasteiger partial charge in [0.2, 0.25) is 21.1 Å². The van der Waals surface area contributed by atoms with Crippen LogP contribution in [-0.4, -0.2) is 24.7 Å². The van der Waals surface area contributed by atoms with Gasteiger partial charge in [-0.1, -0.05) is 317 Å². The molecule has 0 N–H and O–H groups in total. The summed E-state index contributed by atoms with van der Waals surface area (Å²) < 4.78 is 128. The predicted molar refractivity (Wildman–Crippen MR) is 503 cm³/mol. The Morgan fingerprint density at radius 3 is 1.12 bits per heavy atom. The highest BCUT2D eigenvalue weighted by Crippen LogP contribution is 2.51. The molecule has 0 radical (unpaired) electrons. The third kappa shape index (κ3) is 26.5. The number of imidazole rings is 1. The highest BCUT2D eigenvalue weighted by Gasteiger charge is 2.40. The molecule has 0 spiro atoms. The van der Waals surface area contributed by atoms with Gasteiger partial charge in [0.05, 0.1) is 38.7 Å². The lowest BCUT2D eigenvalue weighted by Crippen LogP contribution is -2.56. The van der Waals surface area contributed by atoms with Crippen LogP contribution in [0.5, 0.6) is 34.5 Å². The van der Waals surface area contributed by atoms with Crippen LogP contribution in [0.3, 0.4) is 0 Å². The molecule has 0 amide bonds. The van der Waals surface area contributed by atoms with Gasteiger partial charge in [-0.2, -0.15) is 0 Å². The van der Waals surface area contributed by atoms with E-state index in [1.165, 1.54) is 59.4 Å². The Bertz CT molecular complexity index is 5870. The molecule has 646 valence electrons. The number of hydrogen-bond donors (Lipinski definition) is 0. The van der Waals surface area contributed by atoms with Crippen LogP contribution in [0, 0.1) is 71.5 Å². The van der Waals surface area contributed by atoms with Crippen molar-refractivity contribution >= 4 is 89.0 Å². The van der Waals surface area contributed by atoms with E-state index in [0.717, 1.165) is 32.9 Å². The van der Waals surface area contributed by atoms with Gasteiger partial charge >= 0.3 is 0 Å². The summed E-state index contributed by atoms with van der Waals surface area (Å²) in [7, 11) is -6.30. The Hall–Kier alpha value is -11.1. The summed E-state index contributed by atoms with van der Waals surface area (Å²) in [5, 5.41) is 3.66. The van der Waals surface area contributed by atoms with Crippen molar-refractivity contribution in [3.63, 3.8) is 0 Å². The monoisotopic (exact) mass is 1700 g/mol. The molecule has 0 saturated heterocycles. The summed E-state index contributed by atoms with van der Waals surface area (Å²) in [4.78, 5) is 16.8. The minimum Gasteiger partial charge on any atom is -0.458 e. The predicted octanol–water partition coefficient (Wildman–Crippen LogP) is 26.9. The topological polar surface area (TPSA) is 127 Å². The van der Waals surface area contributed by atoms with E-state index >= 15 is 0 Å². The summed E-state index contributed by atoms with van der Waals surface area (Å²) in [6.07, 6.45) is 1.91. The van der Waals surface area contributed by atoms with Gasteiger partial charge in [-0.05, 0) is 177 Å². The molecule has 17 rings (SSSR count). The SMILES string of the molecule is CC(C)(C)C.CC(C)(C)C.CC(C)(C)C.CC(C)(C)C.CC(C)(C)c1c(F)c(F)c(F)c(F)c1F.CC(C)(C)n1cnc2ccccc21.Cc1cc(C)c(B2c3ccccc3Oc3ccccc32)c(C)c1.O=P1(c2ccccc2)c2ccccc2Oc2ccccc21.O=S1(=O)c2ccccc2Oc2ccccc21.O=c1c2ccccc2oc2ccccc12. The van der Waals surface area contributed by atoms with Crippen molar-refractivity contribution in [3.05, 3.63) is 329 Å². The van der Waals surface area contributed by atoms with Crippen molar-refractivity contribution in [1.29, 1.82) is 0 Å². The van der Waals surface area contributed by atoms with Gasteiger partial charge in [0, 0.05) is 16.4 Å². The van der Waals surface area contributed by atoms with Gasteiger partial charge in [-0.3, -0.25) is 4.79 Å². The zero-order valence-corrected chi connectivity index (χ0v) is 77.6. The van der Waals surface area contributed by atoms with Crippen molar-refractivity contribution in [1.82, 2.24) is 9.55 Å². The summed E-state index contributed by atoms with van der Waals surface area (Å²) >= 11 is 0. The fourth-order valence-corrected chi connectivity index (χ4v) is 17.3. The smallest absolute Gasteiger partial charge is 0.251 e. The fraction of sp³-hybridized carbons (Fsp3) is 0.295. The molecular weight excluding hydrogens is 1590 g/mol. The summed E-state index contributed by atoms with van der Waals surface area (Å²) in [6, 6.07) is 82.3. The highest BCUT2D eigenvalue weighted by atomic mass is 32.2. The molecule has 0 unspecified atom stereocenters. The first kappa shape index (κ1) is 97.3. The average Bonchev–Trinajstić information content (AvgIpc) is 1.37. The fourth-order valence-electron chi connectivity index (χ4n) is 12.9. The second kappa shape index (κ2) is 40.5. The molecule has 0 fully saturated rings. The van der Waals surface area contributed by atoms with Crippen molar-refractivity contribution in [2.75, 3.05) is 0 Å². The van der Waals surface area contributed by atoms with E-state index in [2.05, 4.69) is 216 Å². The van der Waals surface area contributed by atoms with E-state index in [0.29, 0.717) is 66.6 Å². The zero-order valence-electron chi connectivity index (χ0n) is 75.9. The van der Waals surface area contributed by atoms with Crippen LogP contribution in [0.4, 0.5) is 22.0 Å². The Morgan fingerprint density at radius 2 is 0.707 bits per heavy atom. The minimum absolute atomic E-state index is 0.0347. The number of hydrogen-bond acceptors (Lipinski definition) is 9. The van der Waals surface area contributed by atoms with E-state index in [4.69, 9.17) is 18.6 Å². The lowest BCUT2D eigenvalue weighted by molar-refractivity contribution is 0.353. The number of aryl methyl sites for hydroxylation is 3. The summed E-state index contributed by atoms with van der Waals surface area (Å²) in [5.41, 5.74) is 11.7. The molecule has 12 aromatic carbocycles. The number of sulfone groups is 1. The molecule has 3 aliphatic rings. The Labute approximate surface area is 726 Å². The van der Waals surface area contributed by atoms with Crippen LogP contribution >= 0.6 is 7.14 Å². The third-order valence-corrected chi connectivity index (χ3v) is 22.5. The van der Waals surface area contributed by atoms with Crippen molar-refractivity contribution < 1.29 is 53.6 Å². The van der Waals surface area contributed by atoms with Crippen LogP contribution in [0.2, 0.25) is 0 Å². The number of para-hydroxylation sites is 10. The second-order valence-electron chi connectivity index (χ2n) is 38.8. The number of rotatable bonds is 2. The van der Waals surface area contributed by atoms with E-state index in [9.17, 15) is 39.7 Å². The second-order valence-corrected chi connectivity index (χ2v) is 43.4. The Balaban J connectivity index is 0.000000177. The standard InChI is InChI=1S/C21H19BO.C18H13O2P.C13H8O2.C12H8O3S.C11H14N2.C10H9F5.4C5H12/c1-14-12-15(2)21(16(3)13-14)22-17-8-4-6-10-19(17)23-20-11-7-5-9-18(20)22;19-21(14-8-2-1-3-9-14)17-12-6-4-10-15(17)20-16-11-5-7-13-18(16)21;14-13-9-5-1-3-7-11(9)15-12-8-4-2-6-10(12)13;13-16(14)11-7-3-1-5-9(11)15-10-6-2-4-8-12(10)16;1-11(2,3)13-8-12-9-6-4-5-7-10(9)13;1-10(2,3)4-5(11)7(13)9(15)8(14)6(4)12;4*1-5(2,3)4/h4-13H,1-3H3;1-13H;1-8H;1-8H;4-8H,1-3H3;1-3H3;4*1-4H3. The van der Waals surface area contributed by atoms with Crippen LogP contribution in [0.1, 0.15) is 175 Å². The maximum atomic E-state index is 14.0. The van der Waals surface area contributed by atoms with Crippen LogP contribution in [-0.2, 0) is 25.4 Å². The quantitative estimate of drug-likeness (QED) is 0.0415. The lowest BCUT2D eigenvalue weighted by Gasteiger charge is -2.28. The molecular formula is C105H119BF5N2O8PS. The molecule has 2 aromatic heterocycles. The maximum absolute atomic E-state index is 14.0. The summed E-state index contributed by atoms with van der Waals surface area (Å²) in [5.74, 6) is -5.38. The van der Waals surface area contributed by atoms with Gasteiger partial charge in [-0.15, -0.1) is 0 Å². The first-order chi connectivity index (χ1) is 57.3. The van der Waals surface area contributed by atoms with Crippen LogP contribution in [0.15, 0.2) is 286 Å². The van der Waals surface area contributed by atoms with Gasteiger partial charge in [-0.25, -0.2) is 35.4 Å². The van der Waals surface area contributed by atoms with E-state index in [1.807, 2.05) is 152 Å². The maximum Gasteiger partial charge on any atom is 0.251 e. The van der Waals surface area contributed by atoms with Gasteiger partial charge in [0.25, 0.3) is 6.71 Å². The first-order valence-electron chi connectivity index (χ1n) is 41.2. The molecule has 0 atom stereocenters. The molecule has 0 aliphatic carbocycles. The summed E-state index contributed by atoms with van der Waals surface area (Å²) in [6.45, 7) is 52.5. The Morgan fingerprint density at radius 1 is 0.382 bits per heavy atom. The minimum atomic E-state index is -3.43. The number of halogens is 5. The van der Waals surface area contributed by atoms with Gasteiger partial charge < -0.3 is 27.8 Å². The highest BCUT2D eigenvalue weighted by molar-refractivity contribution is 7.91. The van der Waals surface area contributed by atoms with Crippen molar-refractivity contribution in [3.8, 4) is 34.5 Å². The van der Waals surface area contributed by atoms with Crippen molar-refractivity contribution in [2.24, 2.45) is 21.7 Å². The van der Waals surface area contributed by atoms with Crippen molar-refractivity contribution in [2.45, 2.75) is 194 Å². The molecule has 5 heterocycles. The third-order valence-electron chi connectivity index (χ3n) is 17.6. The molecule has 14 aromatic rings. The normalized spacial score (nSPS) is 12.9. The average molecular weight is 1710 g/mol. The number of aromatic nitrogens is 2.